The SMILES string of the molecule is CN(C)C1CCC(Nc2ncnc3sc4ccc(COCN)cc4c23)CC1. The van der Waals surface area contributed by atoms with Gasteiger partial charge < -0.3 is 20.7 Å². The predicted molar refractivity (Wildman–Crippen MR) is 112 cm³/mol. The van der Waals surface area contributed by atoms with Gasteiger partial charge in [0.15, 0.2) is 0 Å². The molecule has 144 valence electrons. The van der Waals surface area contributed by atoms with Gasteiger partial charge in [-0.3, -0.25) is 0 Å². The molecule has 27 heavy (non-hydrogen) atoms. The van der Waals surface area contributed by atoms with Crippen molar-refractivity contribution in [3.63, 3.8) is 0 Å². The average molecular weight is 386 g/mol. The summed E-state index contributed by atoms with van der Waals surface area (Å²) in [7, 11) is 4.35. The first-order valence-corrected chi connectivity index (χ1v) is 10.3. The highest BCUT2D eigenvalue weighted by atomic mass is 32.1. The van der Waals surface area contributed by atoms with Crippen LogP contribution in [0.1, 0.15) is 31.2 Å². The Kier molecular flexibility index (Phi) is 5.54. The van der Waals surface area contributed by atoms with Gasteiger partial charge in [0.1, 0.15) is 17.0 Å². The molecule has 0 radical (unpaired) electrons. The van der Waals surface area contributed by atoms with Crippen molar-refractivity contribution in [2.75, 3.05) is 26.1 Å². The molecule has 2 aromatic heterocycles. The van der Waals surface area contributed by atoms with Crippen LogP contribution in [-0.4, -0.2) is 47.8 Å². The van der Waals surface area contributed by atoms with Crippen molar-refractivity contribution >= 4 is 37.5 Å². The summed E-state index contributed by atoms with van der Waals surface area (Å²) in [6.45, 7) is 0.753. The molecule has 1 aliphatic carbocycles. The lowest BCUT2D eigenvalue weighted by Gasteiger charge is -2.33. The maximum atomic E-state index is 5.46. The van der Waals surface area contributed by atoms with Crippen LogP contribution in [0.2, 0.25) is 0 Å². The van der Waals surface area contributed by atoms with Gasteiger partial charge in [0.2, 0.25) is 0 Å². The number of nitrogens with zero attached hydrogens (tertiary/aromatic N) is 3. The van der Waals surface area contributed by atoms with E-state index in [1.165, 1.54) is 35.8 Å². The monoisotopic (exact) mass is 385 g/mol. The van der Waals surface area contributed by atoms with E-state index in [1.54, 1.807) is 17.7 Å². The lowest BCUT2D eigenvalue weighted by Crippen LogP contribution is -2.36. The number of fused-ring (bicyclic) bond motifs is 3. The minimum atomic E-state index is 0.230. The number of nitrogens with two attached hydrogens (primary N) is 1. The zero-order valence-electron chi connectivity index (χ0n) is 15.9. The summed E-state index contributed by atoms with van der Waals surface area (Å²) in [6, 6.07) is 7.58. The Morgan fingerprint density at radius 3 is 2.78 bits per heavy atom. The molecule has 0 bridgehead atoms. The van der Waals surface area contributed by atoms with E-state index >= 15 is 0 Å². The average Bonchev–Trinajstić information content (AvgIpc) is 3.05. The summed E-state index contributed by atoms with van der Waals surface area (Å²) in [5.74, 6) is 0.955. The maximum absolute atomic E-state index is 5.46. The van der Waals surface area contributed by atoms with Crippen LogP contribution in [0.25, 0.3) is 20.3 Å². The van der Waals surface area contributed by atoms with Gasteiger partial charge in [-0.2, -0.15) is 0 Å². The van der Waals surface area contributed by atoms with Crippen molar-refractivity contribution in [1.82, 2.24) is 14.9 Å². The van der Waals surface area contributed by atoms with E-state index < -0.39 is 0 Å². The molecule has 3 aromatic rings. The van der Waals surface area contributed by atoms with Crippen molar-refractivity contribution in [3.05, 3.63) is 30.1 Å². The van der Waals surface area contributed by atoms with E-state index in [0.29, 0.717) is 18.7 Å². The Bertz CT molecular complexity index is 917. The normalized spacial score (nSPS) is 20.6. The standard InChI is InChI=1S/C20H27N5OS/c1-25(2)15-6-4-14(5-7-15)24-19-18-16-9-13(10-26-11-21)3-8-17(16)27-20(18)23-12-22-19/h3,8-9,12,14-15H,4-7,10-11,21H2,1-2H3,(H,22,23,24). The zero-order chi connectivity index (χ0) is 18.8. The molecule has 0 spiro atoms. The number of hydrogen-bond donors (Lipinski definition) is 2. The summed E-state index contributed by atoms with van der Waals surface area (Å²) in [5, 5.41) is 6.03. The molecule has 0 unspecified atom stereocenters. The molecule has 4 rings (SSSR count). The number of nitrogens with one attached hydrogen (secondary N) is 1. The van der Waals surface area contributed by atoms with Crippen LogP contribution in [0, 0.1) is 0 Å². The molecule has 6 nitrogen and oxygen atoms in total. The topological polar surface area (TPSA) is 76.3 Å². The fourth-order valence-corrected chi connectivity index (χ4v) is 4.99. The van der Waals surface area contributed by atoms with E-state index in [-0.39, 0.29) is 6.73 Å². The molecular weight excluding hydrogens is 358 g/mol. The third-order valence-corrected chi connectivity index (χ3v) is 6.57. The second kappa shape index (κ2) is 8.06. The minimum absolute atomic E-state index is 0.230. The molecule has 3 N–H and O–H groups in total. The van der Waals surface area contributed by atoms with Crippen LogP contribution in [0.3, 0.4) is 0 Å². The molecule has 0 atom stereocenters. The summed E-state index contributed by atoms with van der Waals surface area (Å²) in [6.07, 6.45) is 6.47. The first-order valence-electron chi connectivity index (χ1n) is 9.52. The molecule has 0 aliphatic heterocycles. The van der Waals surface area contributed by atoms with E-state index in [2.05, 4.69) is 52.5 Å². The van der Waals surface area contributed by atoms with Gasteiger partial charge in [-0.15, -0.1) is 11.3 Å². The Hall–Kier alpha value is -1.80. The smallest absolute Gasteiger partial charge is 0.139 e. The van der Waals surface area contributed by atoms with Crippen LogP contribution in [0.15, 0.2) is 24.5 Å². The third kappa shape index (κ3) is 3.91. The van der Waals surface area contributed by atoms with Gasteiger partial charge in [-0.05, 0) is 57.5 Å². The summed E-state index contributed by atoms with van der Waals surface area (Å²) in [5.41, 5.74) is 6.58. The molecule has 0 amide bonds. The summed E-state index contributed by atoms with van der Waals surface area (Å²) in [4.78, 5) is 12.5. The second-order valence-corrected chi connectivity index (χ2v) is 8.49. The molecule has 1 aliphatic rings. The molecule has 7 heteroatoms. The zero-order valence-corrected chi connectivity index (χ0v) is 16.8. The quantitative estimate of drug-likeness (QED) is 0.632. The third-order valence-electron chi connectivity index (χ3n) is 5.49. The molecule has 0 saturated heterocycles. The first-order chi connectivity index (χ1) is 13.2. The highest BCUT2D eigenvalue weighted by Gasteiger charge is 2.23. The predicted octanol–water partition coefficient (Wildman–Crippen LogP) is 3.56. The molecule has 1 fully saturated rings. The fraction of sp³-hybridized carbons (Fsp3) is 0.500. The van der Waals surface area contributed by atoms with Crippen LogP contribution in [-0.2, 0) is 11.3 Å². The number of thiophene rings is 1. The van der Waals surface area contributed by atoms with Crippen molar-refractivity contribution in [3.8, 4) is 0 Å². The van der Waals surface area contributed by atoms with Crippen LogP contribution < -0.4 is 11.1 Å². The van der Waals surface area contributed by atoms with Crippen LogP contribution in [0.5, 0.6) is 0 Å². The fourth-order valence-electron chi connectivity index (χ4n) is 3.96. The molecule has 1 saturated carbocycles. The summed E-state index contributed by atoms with van der Waals surface area (Å²) >= 11 is 1.71. The van der Waals surface area contributed by atoms with E-state index in [9.17, 15) is 0 Å². The molecule has 2 heterocycles. The highest BCUT2D eigenvalue weighted by Crippen LogP contribution is 2.37. The molecular formula is C20H27N5OS. The minimum Gasteiger partial charge on any atom is -0.367 e. The van der Waals surface area contributed by atoms with E-state index in [4.69, 9.17) is 10.5 Å². The summed E-state index contributed by atoms with van der Waals surface area (Å²) < 4.78 is 6.59. The number of rotatable bonds is 6. The number of ether oxygens (including phenoxy) is 1. The maximum Gasteiger partial charge on any atom is 0.139 e. The number of hydrogen-bond acceptors (Lipinski definition) is 7. The van der Waals surface area contributed by atoms with Crippen LogP contribution in [0.4, 0.5) is 5.82 Å². The van der Waals surface area contributed by atoms with Gasteiger partial charge in [0, 0.05) is 22.2 Å². The van der Waals surface area contributed by atoms with Gasteiger partial charge in [-0.25, -0.2) is 9.97 Å². The molecule has 1 aromatic carbocycles. The van der Waals surface area contributed by atoms with Gasteiger partial charge >= 0.3 is 0 Å². The Morgan fingerprint density at radius 2 is 2.04 bits per heavy atom. The Labute approximate surface area is 163 Å². The van der Waals surface area contributed by atoms with Crippen molar-refractivity contribution in [2.45, 2.75) is 44.4 Å². The van der Waals surface area contributed by atoms with Crippen molar-refractivity contribution in [1.29, 1.82) is 0 Å². The van der Waals surface area contributed by atoms with Crippen LogP contribution >= 0.6 is 11.3 Å². The van der Waals surface area contributed by atoms with Gasteiger partial charge in [0.25, 0.3) is 0 Å². The number of anilines is 1. The largest absolute Gasteiger partial charge is 0.367 e. The first kappa shape index (κ1) is 18.6. The van der Waals surface area contributed by atoms with E-state index in [0.717, 1.165) is 21.6 Å². The van der Waals surface area contributed by atoms with Crippen molar-refractivity contribution in [2.24, 2.45) is 5.73 Å². The van der Waals surface area contributed by atoms with Gasteiger partial charge in [-0.1, -0.05) is 6.07 Å². The Balaban J connectivity index is 1.62. The lowest BCUT2D eigenvalue weighted by molar-refractivity contribution is 0.127. The number of aromatic nitrogens is 2. The van der Waals surface area contributed by atoms with E-state index in [1.807, 2.05) is 0 Å². The Morgan fingerprint density at radius 1 is 1.22 bits per heavy atom. The van der Waals surface area contributed by atoms with Gasteiger partial charge in [0.05, 0.1) is 18.7 Å². The highest BCUT2D eigenvalue weighted by molar-refractivity contribution is 7.25. The second-order valence-electron chi connectivity index (χ2n) is 7.46. The lowest BCUT2D eigenvalue weighted by atomic mass is 9.90. The number of benzene rings is 1. The van der Waals surface area contributed by atoms with Crippen molar-refractivity contribution < 1.29 is 4.74 Å².